The quantitative estimate of drug-likeness (QED) is 0.721. The van der Waals surface area contributed by atoms with Gasteiger partial charge in [0.2, 0.25) is 0 Å². The summed E-state index contributed by atoms with van der Waals surface area (Å²) in [5.41, 5.74) is 7.34. The van der Waals surface area contributed by atoms with Gasteiger partial charge in [-0.25, -0.2) is 0 Å². The Kier molecular flexibility index (Phi) is 5.79. The highest BCUT2D eigenvalue weighted by Crippen LogP contribution is 2.36. The highest BCUT2D eigenvalue weighted by Gasteiger charge is 2.37. The molecule has 0 aromatic heterocycles. The Balaban J connectivity index is 1.46. The number of piperidine rings is 1. The summed E-state index contributed by atoms with van der Waals surface area (Å²) in [7, 11) is 0. The topological polar surface area (TPSA) is 36.9 Å². The highest BCUT2D eigenvalue weighted by atomic mass is 79.9. The molecular formula is C22H26BrN3O. The number of benzene rings is 2. The van der Waals surface area contributed by atoms with Gasteiger partial charge >= 0.3 is 0 Å². The van der Waals surface area contributed by atoms with Gasteiger partial charge in [0.15, 0.2) is 0 Å². The molecule has 0 amide bonds. The van der Waals surface area contributed by atoms with Crippen molar-refractivity contribution < 1.29 is 4.74 Å². The maximum absolute atomic E-state index is 5.79. The first kappa shape index (κ1) is 18.5. The van der Waals surface area contributed by atoms with Crippen molar-refractivity contribution in [2.75, 3.05) is 19.7 Å². The lowest BCUT2D eigenvalue weighted by Gasteiger charge is -2.33. The van der Waals surface area contributed by atoms with Gasteiger partial charge in [0.05, 0.1) is 17.1 Å². The van der Waals surface area contributed by atoms with Crippen molar-refractivity contribution in [3.63, 3.8) is 0 Å². The number of rotatable bonds is 6. The SMILES string of the molecule is CCCOc1ccc(C2NN=C3CCN(Cc4ccccc4)CC32)cc1Br. The molecule has 2 atom stereocenters. The number of hydrazone groups is 1. The molecule has 2 aromatic rings. The van der Waals surface area contributed by atoms with E-state index in [-0.39, 0.29) is 6.04 Å². The molecule has 1 saturated heterocycles. The van der Waals surface area contributed by atoms with Crippen molar-refractivity contribution in [2.45, 2.75) is 32.4 Å². The minimum Gasteiger partial charge on any atom is -0.492 e. The van der Waals surface area contributed by atoms with Crippen LogP contribution in [0.3, 0.4) is 0 Å². The number of likely N-dealkylation sites (tertiary alicyclic amines) is 1. The second-order valence-electron chi connectivity index (χ2n) is 7.33. The molecule has 4 nitrogen and oxygen atoms in total. The van der Waals surface area contributed by atoms with Gasteiger partial charge in [-0.3, -0.25) is 4.90 Å². The van der Waals surface area contributed by atoms with E-state index in [0.29, 0.717) is 5.92 Å². The zero-order chi connectivity index (χ0) is 18.6. The summed E-state index contributed by atoms with van der Waals surface area (Å²) in [6.45, 7) is 5.98. The first-order chi connectivity index (χ1) is 13.2. The van der Waals surface area contributed by atoms with Crippen LogP contribution in [0.2, 0.25) is 0 Å². The van der Waals surface area contributed by atoms with Crippen LogP contribution < -0.4 is 10.2 Å². The summed E-state index contributed by atoms with van der Waals surface area (Å²) in [6.07, 6.45) is 2.05. The molecule has 2 aromatic carbocycles. The zero-order valence-electron chi connectivity index (χ0n) is 15.7. The average Bonchev–Trinajstić information content (AvgIpc) is 3.11. The Labute approximate surface area is 169 Å². The van der Waals surface area contributed by atoms with E-state index in [1.54, 1.807) is 0 Å². The van der Waals surface area contributed by atoms with Gasteiger partial charge in [0.1, 0.15) is 5.75 Å². The standard InChI is InChI=1S/C22H26BrN3O/c1-2-12-27-21-9-8-17(13-19(21)23)22-18-15-26(11-10-20(18)24-25-22)14-16-6-4-3-5-7-16/h3-9,13,18,22,25H,2,10-12,14-15H2,1H3. The van der Waals surface area contributed by atoms with Crippen LogP contribution in [-0.2, 0) is 6.54 Å². The van der Waals surface area contributed by atoms with Crippen LogP contribution in [0.1, 0.15) is 36.9 Å². The molecule has 0 aliphatic carbocycles. The van der Waals surface area contributed by atoms with Gasteiger partial charge < -0.3 is 10.2 Å². The van der Waals surface area contributed by atoms with Crippen molar-refractivity contribution in [3.8, 4) is 5.75 Å². The molecule has 2 aliphatic rings. The number of ether oxygens (including phenoxy) is 1. The van der Waals surface area contributed by atoms with Crippen LogP contribution in [0.15, 0.2) is 58.1 Å². The summed E-state index contributed by atoms with van der Waals surface area (Å²) >= 11 is 3.67. The Bertz CT molecular complexity index is 808. The zero-order valence-corrected chi connectivity index (χ0v) is 17.3. The predicted octanol–water partition coefficient (Wildman–Crippen LogP) is 4.76. The Morgan fingerprint density at radius 1 is 1.22 bits per heavy atom. The molecule has 0 spiro atoms. The molecule has 142 valence electrons. The molecular weight excluding hydrogens is 402 g/mol. The minimum atomic E-state index is 0.232. The number of hydrogen-bond donors (Lipinski definition) is 1. The van der Waals surface area contributed by atoms with Crippen LogP contribution in [0, 0.1) is 5.92 Å². The van der Waals surface area contributed by atoms with Gasteiger partial charge in [-0.1, -0.05) is 43.3 Å². The normalized spacial score (nSPS) is 22.1. The summed E-state index contributed by atoms with van der Waals surface area (Å²) in [4.78, 5) is 2.55. The molecule has 27 heavy (non-hydrogen) atoms. The van der Waals surface area contributed by atoms with Crippen LogP contribution in [0.25, 0.3) is 0 Å². The van der Waals surface area contributed by atoms with Gasteiger partial charge in [0.25, 0.3) is 0 Å². The molecule has 2 unspecified atom stereocenters. The predicted molar refractivity (Wildman–Crippen MR) is 113 cm³/mol. The Morgan fingerprint density at radius 3 is 2.85 bits per heavy atom. The highest BCUT2D eigenvalue weighted by molar-refractivity contribution is 9.10. The van der Waals surface area contributed by atoms with Gasteiger partial charge in [-0.2, -0.15) is 5.10 Å². The van der Waals surface area contributed by atoms with Crippen LogP contribution >= 0.6 is 15.9 Å². The molecule has 0 radical (unpaired) electrons. The number of fused-ring (bicyclic) bond motifs is 1. The van der Waals surface area contributed by atoms with Crippen LogP contribution in [0.5, 0.6) is 5.75 Å². The molecule has 2 heterocycles. The summed E-state index contributed by atoms with van der Waals surface area (Å²) < 4.78 is 6.80. The van der Waals surface area contributed by atoms with Crippen LogP contribution in [0.4, 0.5) is 0 Å². The second-order valence-corrected chi connectivity index (χ2v) is 8.18. The van der Waals surface area contributed by atoms with Crippen molar-refractivity contribution in [1.29, 1.82) is 0 Å². The van der Waals surface area contributed by atoms with Crippen molar-refractivity contribution in [3.05, 3.63) is 64.1 Å². The van der Waals surface area contributed by atoms with E-state index in [0.717, 1.165) is 49.3 Å². The van der Waals surface area contributed by atoms with E-state index in [2.05, 4.69) is 86.8 Å². The lowest BCUT2D eigenvalue weighted by molar-refractivity contribution is 0.220. The van der Waals surface area contributed by atoms with Crippen LogP contribution in [-0.4, -0.2) is 30.3 Å². The summed E-state index contributed by atoms with van der Waals surface area (Å²) in [6, 6.07) is 17.4. The van der Waals surface area contributed by atoms with E-state index in [1.807, 2.05) is 0 Å². The molecule has 4 rings (SSSR count). The molecule has 0 saturated carbocycles. The smallest absolute Gasteiger partial charge is 0.133 e. The lowest BCUT2D eigenvalue weighted by atomic mass is 9.86. The summed E-state index contributed by atoms with van der Waals surface area (Å²) in [5.74, 6) is 1.34. The first-order valence-corrected chi connectivity index (χ1v) is 10.5. The third-order valence-corrected chi connectivity index (χ3v) is 5.96. The van der Waals surface area contributed by atoms with E-state index in [1.165, 1.54) is 16.8 Å². The minimum absolute atomic E-state index is 0.232. The number of halogens is 1. The molecule has 5 heteroatoms. The monoisotopic (exact) mass is 427 g/mol. The number of nitrogens with zero attached hydrogens (tertiary/aromatic N) is 2. The van der Waals surface area contributed by atoms with E-state index >= 15 is 0 Å². The third-order valence-electron chi connectivity index (χ3n) is 5.34. The lowest BCUT2D eigenvalue weighted by Crippen LogP contribution is -2.41. The molecule has 1 N–H and O–H groups in total. The second kappa shape index (κ2) is 8.44. The Hall–Kier alpha value is -1.85. The Morgan fingerprint density at radius 2 is 2.07 bits per heavy atom. The van der Waals surface area contributed by atoms with Crippen molar-refractivity contribution >= 4 is 21.6 Å². The first-order valence-electron chi connectivity index (χ1n) is 9.75. The summed E-state index contributed by atoms with van der Waals surface area (Å²) in [5, 5.41) is 4.65. The average molecular weight is 428 g/mol. The fourth-order valence-electron chi connectivity index (χ4n) is 3.94. The molecule has 2 aliphatic heterocycles. The third kappa shape index (κ3) is 4.19. The number of nitrogens with one attached hydrogen (secondary N) is 1. The maximum atomic E-state index is 5.79. The van der Waals surface area contributed by atoms with E-state index in [4.69, 9.17) is 4.74 Å². The fraction of sp³-hybridized carbons (Fsp3) is 0.409. The van der Waals surface area contributed by atoms with Crippen molar-refractivity contribution in [2.24, 2.45) is 11.0 Å². The van der Waals surface area contributed by atoms with E-state index in [9.17, 15) is 0 Å². The van der Waals surface area contributed by atoms with Gasteiger partial charge in [0, 0.05) is 37.7 Å². The van der Waals surface area contributed by atoms with Crippen molar-refractivity contribution in [1.82, 2.24) is 10.3 Å². The maximum Gasteiger partial charge on any atom is 0.133 e. The fourth-order valence-corrected chi connectivity index (χ4v) is 4.45. The molecule has 0 bridgehead atoms. The number of hydrogen-bond acceptors (Lipinski definition) is 4. The largest absolute Gasteiger partial charge is 0.492 e. The van der Waals surface area contributed by atoms with Gasteiger partial charge in [-0.05, 0) is 45.6 Å². The molecule has 1 fully saturated rings. The van der Waals surface area contributed by atoms with Gasteiger partial charge in [-0.15, -0.1) is 0 Å². The van der Waals surface area contributed by atoms with E-state index < -0.39 is 0 Å².